The second-order valence-corrected chi connectivity index (χ2v) is 9.79. The van der Waals surface area contributed by atoms with E-state index in [0.29, 0.717) is 10.8 Å². The molecule has 1 aromatic carbocycles. The van der Waals surface area contributed by atoms with Crippen LogP contribution in [0.3, 0.4) is 0 Å². The minimum Gasteiger partial charge on any atom is -0.207 e. The summed E-state index contributed by atoms with van der Waals surface area (Å²) in [5.74, 6) is 0.446. The fourth-order valence-electron chi connectivity index (χ4n) is 3.00. The first-order valence-electron chi connectivity index (χ1n) is 8.00. The van der Waals surface area contributed by atoms with Gasteiger partial charge in [0.15, 0.2) is 0 Å². The molecule has 0 heterocycles. The summed E-state index contributed by atoms with van der Waals surface area (Å²) in [5.41, 5.74) is 0.759. The molecule has 0 aliphatic carbocycles. The van der Waals surface area contributed by atoms with Gasteiger partial charge >= 0.3 is 0 Å². The molecule has 126 valence electrons. The molecule has 1 unspecified atom stereocenters. The van der Waals surface area contributed by atoms with Crippen molar-refractivity contribution in [1.82, 2.24) is 4.72 Å². The lowest BCUT2D eigenvalue weighted by atomic mass is 9.82. The van der Waals surface area contributed by atoms with Crippen molar-refractivity contribution in [3.05, 3.63) is 29.8 Å². The van der Waals surface area contributed by atoms with E-state index in [2.05, 4.69) is 39.3 Å². The van der Waals surface area contributed by atoms with Crippen LogP contribution in [0.25, 0.3) is 0 Å². The lowest BCUT2D eigenvalue weighted by Gasteiger charge is -2.33. The Morgan fingerprint density at radius 2 is 1.55 bits per heavy atom. The van der Waals surface area contributed by atoms with Gasteiger partial charge in [-0.1, -0.05) is 46.8 Å². The first-order chi connectivity index (χ1) is 9.86. The first-order valence-corrected chi connectivity index (χ1v) is 9.48. The highest BCUT2D eigenvalue weighted by Crippen LogP contribution is 2.28. The van der Waals surface area contributed by atoms with Crippen molar-refractivity contribution in [2.75, 3.05) is 0 Å². The van der Waals surface area contributed by atoms with Crippen LogP contribution in [-0.4, -0.2) is 14.0 Å². The number of hydrogen-bond donors (Lipinski definition) is 1. The van der Waals surface area contributed by atoms with E-state index in [4.69, 9.17) is 0 Å². The van der Waals surface area contributed by atoms with Crippen molar-refractivity contribution in [3.63, 3.8) is 0 Å². The number of nitrogens with one attached hydrogen (secondary N) is 1. The largest absolute Gasteiger partial charge is 0.241 e. The van der Waals surface area contributed by atoms with E-state index in [1.165, 1.54) is 5.56 Å². The number of benzene rings is 1. The smallest absolute Gasteiger partial charge is 0.207 e. The first kappa shape index (κ1) is 19.2. The quantitative estimate of drug-likeness (QED) is 0.824. The Morgan fingerprint density at radius 3 is 1.95 bits per heavy atom. The molecule has 3 nitrogen and oxygen atoms in total. The van der Waals surface area contributed by atoms with Crippen LogP contribution in [0.1, 0.15) is 72.8 Å². The van der Waals surface area contributed by atoms with E-state index < -0.39 is 15.6 Å². The predicted octanol–water partition coefficient (Wildman–Crippen LogP) is 4.69. The Labute approximate surface area is 136 Å². The third kappa shape index (κ3) is 5.73. The van der Waals surface area contributed by atoms with E-state index >= 15 is 0 Å². The maximum atomic E-state index is 12.6. The SMILES string of the molecule is CCC(C)c1ccc(S(=O)(=O)NC(C)(C)CC(C)(C)C)cc1. The molecule has 0 fully saturated rings. The highest BCUT2D eigenvalue weighted by Gasteiger charge is 2.30. The molecule has 22 heavy (non-hydrogen) atoms. The van der Waals surface area contributed by atoms with Crippen LogP contribution in [0.4, 0.5) is 0 Å². The Balaban J connectivity index is 2.95. The summed E-state index contributed by atoms with van der Waals surface area (Å²) >= 11 is 0. The average Bonchev–Trinajstić information content (AvgIpc) is 2.33. The standard InChI is InChI=1S/C18H31NO2S/c1-8-14(2)15-9-11-16(12-10-15)22(20,21)19-18(6,7)13-17(3,4)5/h9-12,14,19H,8,13H2,1-7H3. The minimum absolute atomic E-state index is 0.0619. The van der Waals surface area contributed by atoms with Crippen molar-refractivity contribution in [1.29, 1.82) is 0 Å². The molecular formula is C18H31NO2S. The van der Waals surface area contributed by atoms with E-state index in [1.54, 1.807) is 12.1 Å². The zero-order valence-electron chi connectivity index (χ0n) is 15.0. The molecule has 0 aliphatic heterocycles. The van der Waals surface area contributed by atoms with Crippen molar-refractivity contribution in [2.45, 2.75) is 77.7 Å². The number of sulfonamides is 1. The van der Waals surface area contributed by atoms with Crippen molar-refractivity contribution in [3.8, 4) is 0 Å². The van der Waals surface area contributed by atoms with E-state index in [9.17, 15) is 8.42 Å². The Kier molecular flexibility index (Phi) is 5.85. The van der Waals surface area contributed by atoms with Crippen molar-refractivity contribution >= 4 is 10.0 Å². The molecule has 0 aliphatic rings. The van der Waals surface area contributed by atoms with Gasteiger partial charge in [-0.15, -0.1) is 0 Å². The van der Waals surface area contributed by atoms with Gasteiger partial charge < -0.3 is 0 Å². The normalized spacial score (nSPS) is 14.9. The third-order valence-corrected chi connectivity index (χ3v) is 5.47. The average molecular weight is 326 g/mol. The molecule has 0 saturated heterocycles. The van der Waals surface area contributed by atoms with E-state index in [1.807, 2.05) is 26.0 Å². The number of hydrogen-bond acceptors (Lipinski definition) is 2. The lowest BCUT2D eigenvalue weighted by Crippen LogP contribution is -2.45. The monoisotopic (exact) mass is 325 g/mol. The van der Waals surface area contributed by atoms with Gasteiger partial charge in [-0.2, -0.15) is 0 Å². The summed E-state index contributed by atoms with van der Waals surface area (Å²) in [6, 6.07) is 7.24. The summed E-state index contributed by atoms with van der Waals surface area (Å²) in [5, 5.41) is 0. The van der Waals surface area contributed by atoms with Crippen LogP contribution in [0.15, 0.2) is 29.2 Å². The van der Waals surface area contributed by atoms with Gasteiger partial charge in [0.2, 0.25) is 10.0 Å². The molecule has 1 N–H and O–H groups in total. The molecule has 0 saturated carbocycles. The van der Waals surface area contributed by atoms with Gasteiger partial charge in [-0.05, 0) is 55.7 Å². The predicted molar refractivity (Wildman–Crippen MR) is 93.6 cm³/mol. The zero-order chi connectivity index (χ0) is 17.2. The summed E-state index contributed by atoms with van der Waals surface area (Å²) < 4.78 is 28.0. The van der Waals surface area contributed by atoms with Crippen LogP contribution in [0.5, 0.6) is 0 Å². The van der Waals surface area contributed by atoms with Gasteiger partial charge in [-0.3, -0.25) is 0 Å². The van der Waals surface area contributed by atoms with Crippen molar-refractivity contribution < 1.29 is 8.42 Å². The van der Waals surface area contributed by atoms with Gasteiger partial charge in [-0.25, -0.2) is 13.1 Å². The van der Waals surface area contributed by atoms with Crippen molar-refractivity contribution in [2.24, 2.45) is 5.41 Å². The Morgan fingerprint density at radius 1 is 1.05 bits per heavy atom. The van der Waals surface area contributed by atoms with E-state index in [-0.39, 0.29) is 5.41 Å². The second kappa shape index (κ2) is 6.71. The van der Waals surface area contributed by atoms with Gasteiger partial charge in [0.1, 0.15) is 0 Å². The summed E-state index contributed by atoms with van der Waals surface area (Å²) in [6.07, 6.45) is 1.81. The Hall–Kier alpha value is -0.870. The Bertz CT molecular complexity index is 581. The fourth-order valence-corrected chi connectivity index (χ4v) is 4.41. The summed E-state index contributed by atoms with van der Waals surface area (Å²) in [6.45, 7) is 14.5. The molecule has 4 heteroatoms. The second-order valence-electron chi connectivity index (χ2n) is 8.11. The van der Waals surface area contributed by atoms with Gasteiger partial charge in [0, 0.05) is 5.54 Å². The molecule has 1 rings (SSSR count). The molecular weight excluding hydrogens is 294 g/mol. The van der Waals surface area contributed by atoms with E-state index in [0.717, 1.165) is 12.8 Å². The van der Waals surface area contributed by atoms with Gasteiger partial charge in [0.25, 0.3) is 0 Å². The molecule has 0 aromatic heterocycles. The molecule has 0 amide bonds. The van der Waals surface area contributed by atoms with Crippen LogP contribution in [-0.2, 0) is 10.0 Å². The third-order valence-electron chi connectivity index (χ3n) is 3.75. The molecule has 0 bridgehead atoms. The van der Waals surface area contributed by atoms with Crippen LogP contribution < -0.4 is 4.72 Å². The van der Waals surface area contributed by atoms with Crippen LogP contribution in [0.2, 0.25) is 0 Å². The topological polar surface area (TPSA) is 46.2 Å². The lowest BCUT2D eigenvalue weighted by molar-refractivity contribution is 0.269. The summed E-state index contributed by atoms with van der Waals surface area (Å²) in [7, 11) is -3.49. The molecule has 1 atom stereocenters. The van der Waals surface area contributed by atoms with Crippen LogP contribution in [0, 0.1) is 5.41 Å². The summed E-state index contributed by atoms with van der Waals surface area (Å²) in [4.78, 5) is 0.335. The minimum atomic E-state index is -3.49. The maximum Gasteiger partial charge on any atom is 0.241 e. The highest BCUT2D eigenvalue weighted by atomic mass is 32.2. The molecule has 1 aromatic rings. The van der Waals surface area contributed by atoms with Crippen LogP contribution >= 0.6 is 0 Å². The fraction of sp³-hybridized carbons (Fsp3) is 0.667. The van der Waals surface area contributed by atoms with Gasteiger partial charge in [0.05, 0.1) is 4.90 Å². The highest BCUT2D eigenvalue weighted by molar-refractivity contribution is 7.89. The number of rotatable bonds is 6. The maximum absolute atomic E-state index is 12.6. The molecule has 0 spiro atoms. The molecule has 0 radical (unpaired) electrons. The zero-order valence-corrected chi connectivity index (χ0v) is 15.8.